The van der Waals surface area contributed by atoms with Crippen molar-refractivity contribution in [1.29, 1.82) is 0 Å². The topological polar surface area (TPSA) is 9.23 Å². The fraction of sp³-hybridized carbons (Fsp3) is 0.0667. The Morgan fingerprint density at radius 3 is 1.76 bits per heavy atom. The zero-order chi connectivity index (χ0) is 15.6. The van der Waals surface area contributed by atoms with Crippen molar-refractivity contribution in [3.63, 3.8) is 0 Å². The highest BCUT2D eigenvalue weighted by molar-refractivity contribution is 5.47. The standard InChI is InChI=1S/C15H9F5O/c1-2-8-3-5-9(6-4-8)7-21-15-13(19)11(17)10(16)12(18)14(15)20/h2-6H,1,7H2. The lowest BCUT2D eigenvalue weighted by Crippen LogP contribution is -2.07. The molecule has 0 saturated heterocycles. The van der Waals surface area contributed by atoms with Gasteiger partial charge in [-0.05, 0) is 11.1 Å². The van der Waals surface area contributed by atoms with Crippen molar-refractivity contribution in [1.82, 2.24) is 0 Å². The molecule has 0 aliphatic heterocycles. The molecule has 2 rings (SSSR count). The second-order valence-electron chi connectivity index (χ2n) is 4.13. The first-order chi connectivity index (χ1) is 9.95. The summed E-state index contributed by atoms with van der Waals surface area (Å²) in [5.74, 6) is -11.6. The maximum Gasteiger partial charge on any atom is 0.207 e. The van der Waals surface area contributed by atoms with E-state index in [9.17, 15) is 22.0 Å². The molecule has 21 heavy (non-hydrogen) atoms. The summed E-state index contributed by atoms with van der Waals surface area (Å²) in [7, 11) is 0. The molecular weight excluding hydrogens is 291 g/mol. The maximum atomic E-state index is 13.4. The lowest BCUT2D eigenvalue weighted by molar-refractivity contribution is 0.253. The summed E-state index contributed by atoms with van der Waals surface area (Å²) in [6.45, 7) is 3.22. The fourth-order valence-corrected chi connectivity index (χ4v) is 1.62. The minimum atomic E-state index is -2.22. The summed E-state index contributed by atoms with van der Waals surface area (Å²) in [6, 6.07) is 6.51. The summed E-state index contributed by atoms with van der Waals surface area (Å²) in [4.78, 5) is 0. The van der Waals surface area contributed by atoms with Crippen LogP contribution in [0.1, 0.15) is 11.1 Å². The monoisotopic (exact) mass is 300 g/mol. The second-order valence-corrected chi connectivity index (χ2v) is 4.13. The van der Waals surface area contributed by atoms with Crippen LogP contribution in [0, 0.1) is 29.1 Å². The van der Waals surface area contributed by atoms with E-state index < -0.39 is 34.8 Å². The van der Waals surface area contributed by atoms with Gasteiger partial charge in [-0.1, -0.05) is 36.9 Å². The van der Waals surface area contributed by atoms with Crippen LogP contribution < -0.4 is 4.74 Å². The molecule has 0 aliphatic rings. The predicted molar refractivity (Wildman–Crippen MR) is 67.1 cm³/mol. The zero-order valence-electron chi connectivity index (χ0n) is 10.6. The van der Waals surface area contributed by atoms with Crippen LogP contribution in [0.3, 0.4) is 0 Å². The lowest BCUT2D eigenvalue weighted by atomic mass is 10.1. The Morgan fingerprint density at radius 1 is 0.810 bits per heavy atom. The van der Waals surface area contributed by atoms with E-state index >= 15 is 0 Å². The number of hydrogen-bond acceptors (Lipinski definition) is 1. The predicted octanol–water partition coefficient (Wildman–Crippen LogP) is 4.60. The number of hydrogen-bond donors (Lipinski definition) is 0. The molecular formula is C15H9F5O. The van der Waals surface area contributed by atoms with Gasteiger partial charge in [0.25, 0.3) is 0 Å². The summed E-state index contributed by atoms with van der Waals surface area (Å²) >= 11 is 0. The third-order valence-corrected chi connectivity index (χ3v) is 2.77. The molecule has 1 nitrogen and oxygen atoms in total. The van der Waals surface area contributed by atoms with Gasteiger partial charge in [0.05, 0.1) is 0 Å². The fourth-order valence-electron chi connectivity index (χ4n) is 1.62. The largest absolute Gasteiger partial charge is 0.483 e. The summed E-state index contributed by atoms with van der Waals surface area (Å²) in [5, 5.41) is 0. The minimum absolute atomic E-state index is 0.338. The van der Waals surface area contributed by atoms with Crippen LogP contribution in [0.5, 0.6) is 5.75 Å². The Kier molecular flexibility index (Phi) is 4.26. The molecule has 110 valence electrons. The first-order valence-corrected chi connectivity index (χ1v) is 5.81. The van der Waals surface area contributed by atoms with Crippen molar-refractivity contribution >= 4 is 6.08 Å². The average molecular weight is 300 g/mol. The molecule has 0 fully saturated rings. The molecule has 0 aromatic heterocycles. The van der Waals surface area contributed by atoms with Crippen LogP contribution in [-0.4, -0.2) is 0 Å². The molecule has 2 aromatic rings. The Labute approximate surface area is 117 Å². The third-order valence-electron chi connectivity index (χ3n) is 2.77. The van der Waals surface area contributed by atoms with Gasteiger partial charge in [0, 0.05) is 0 Å². The average Bonchev–Trinajstić information content (AvgIpc) is 2.51. The highest BCUT2D eigenvalue weighted by atomic mass is 19.2. The number of ether oxygens (including phenoxy) is 1. The number of rotatable bonds is 4. The van der Waals surface area contributed by atoms with Crippen molar-refractivity contribution in [2.75, 3.05) is 0 Å². The second kappa shape index (κ2) is 5.95. The van der Waals surface area contributed by atoms with Crippen LogP contribution in [0.2, 0.25) is 0 Å². The van der Waals surface area contributed by atoms with E-state index in [-0.39, 0.29) is 6.61 Å². The van der Waals surface area contributed by atoms with E-state index in [0.29, 0.717) is 5.56 Å². The van der Waals surface area contributed by atoms with Gasteiger partial charge in [0.1, 0.15) is 6.61 Å². The van der Waals surface area contributed by atoms with Crippen LogP contribution >= 0.6 is 0 Å². The van der Waals surface area contributed by atoms with E-state index in [0.717, 1.165) is 5.56 Å². The molecule has 0 unspecified atom stereocenters. The van der Waals surface area contributed by atoms with Gasteiger partial charge in [-0.3, -0.25) is 0 Å². The Hall–Kier alpha value is -2.37. The zero-order valence-corrected chi connectivity index (χ0v) is 10.6. The molecule has 0 radical (unpaired) electrons. The van der Waals surface area contributed by atoms with Crippen LogP contribution in [0.15, 0.2) is 30.8 Å². The highest BCUT2D eigenvalue weighted by Gasteiger charge is 2.26. The molecule has 0 aliphatic carbocycles. The number of halogens is 5. The SMILES string of the molecule is C=Cc1ccc(COc2c(F)c(F)c(F)c(F)c2F)cc1. The van der Waals surface area contributed by atoms with E-state index in [1.165, 1.54) is 0 Å². The molecule has 0 heterocycles. The van der Waals surface area contributed by atoms with Gasteiger partial charge < -0.3 is 4.74 Å². The molecule has 0 amide bonds. The number of benzene rings is 2. The quantitative estimate of drug-likeness (QED) is 0.455. The van der Waals surface area contributed by atoms with Gasteiger partial charge in [-0.2, -0.15) is 8.78 Å². The molecule has 0 N–H and O–H groups in total. The van der Waals surface area contributed by atoms with E-state index in [1.807, 2.05) is 0 Å². The van der Waals surface area contributed by atoms with Gasteiger partial charge >= 0.3 is 0 Å². The molecule has 0 atom stereocenters. The molecule has 6 heteroatoms. The van der Waals surface area contributed by atoms with Crippen molar-refractivity contribution < 1.29 is 26.7 Å². The Bertz CT molecular complexity index is 650. The normalized spacial score (nSPS) is 10.5. The Morgan fingerprint density at radius 2 is 1.29 bits per heavy atom. The first kappa shape index (κ1) is 15.0. The van der Waals surface area contributed by atoms with Gasteiger partial charge in [-0.15, -0.1) is 0 Å². The van der Waals surface area contributed by atoms with Crippen LogP contribution in [-0.2, 0) is 6.61 Å². The smallest absolute Gasteiger partial charge is 0.207 e. The lowest BCUT2D eigenvalue weighted by Gasteiger charge is -2.10. The van der Waals surface area contributed by atoms with Crippen molar-refractivity contribution in [2.24, 2.45) is 0 Å². The highest BCUT2D eigenvalue weighted by Crippen LogP contribution is 2.29. The van der Waals surface area contributed by atoms with Crippen LogP contribution in [0.25, 0.3) is 6.08 Å². The van der Waals surface area contributed by atoms with Crippen LogP contribution in [0.4, 0.5) is 22.0 Å². The van der Waals surface area contributed by atoms with Gasteiger partial charge in [0.2, 0.25) is 29.1 Å². The van der Waals surface area contributed by atoms with E-state index in [4.69, 9.17) is 4.74 Å². The molecule has 2 aromatic carbocycles. The molecule has 0 saturated carbocycles. The summed E-state index contributed by atoms with van der Waals surface area (Å²) in [6.07, 6.45) is 1.59. The maximum absolute atomic E-state index is 13.4. The third kappa shape index (κ3) is 2.89. The van der Waals surface area contributed by atoms with Crippen molar-refractivity contribution in [2.45, 2.75) is 6.61 Å². The molecule has 0 spiro atoms. The molecule has 0 bridgehead atoms. The Balaban J connectivity index is 2.25. The minimum Gasteiger partial charge on any atom is -0.483 e. The van der Waals surface area contributed by atoms with Gasteiger partial charge in [0.15, 0.2) is 5.75 Å². The van der Waals surface area contributed by atoms with Crippen molar-refractivity contribution in [3.05, 3.63) is 71.1 Å². The van der Waals surface area contributed by atoms with E-state index in [2.05, 4.69) is 6.58 Å². The first-order valence-electron chi connectivity index (χ1n) is 5.81. The van der Waals surface area contributed by atoms with E-state index in [1.54, 1.807) is 30.3 Å². The summed E-state index contributed by atoms with van der Waals surface area (Å²) < 4.78 is 70.3. The van der Waals surface area contributed by atoms with Crippen molar-refractivity contribution in [3.8, 4) is 5.75 Å². The van der Waals surface area contributed by atoms with Gasteiger partial charge in [-0.25, -0.2) is 13.2 Å². The summed E-state index contributed by atoms with van der Waals surface area (Å²) in [5.41, 5.74) is 1.32.